The van der Waals surface area contributed by atoms with Gasteiger partial charge < -0.3 is 9.72 Å². The topological polar surface area (TPSA) is 54.1 Å². The summed E-state index contributed by atoms with van der Waals surface area (Å²) in [6.07, 6.45) is 3.32. The van der Waals surface area contributed by atoms with Crippen molar-refractivity contribution in [3.8, 4) is 5.75 Å². The summed E-state index contributed by atoms with van der Waals surface area (Å²) in [6.45, 7) is 0.560. The normalized spacial score (nSPS) is 11.1. The van der Waals surface area contributed by atoms with Gasteiger partial charge in [-0.3, -0.25) is 9.52 Å². The Morgan fingerprint density at radius 1 is 1.10 bits per heavy atom. The van der Waals surface area contributed by atoms with Crippen LogP contribution >= 0.6 is 23.5 Å². The van der Waals surface area contributed by atoms with E-state index in [1.54, 1.807) is 0 Å². The Morgan fingerprint density at radius 2 is 1.93 bits per heavy atom. The maximum atomic E-state index is 12.5. The van der Waals surface area contributed by atoms with Gasteiger partial charge in [-0.05, 0) is 48.1 Å². The van der Waals surface area contributed by atoms with Gasteiger partial charge >= 0.3 is 0 Å². The number of benzene rings is 3. The number of rotatable bonds is 7. The number of aromatic nitrogens is 1. The highest BCUT2D eigenvalue weighted by Crippen LogP contribution is 2.28. The lowest BCUT2D eigenvalue weighted by Gasteiger charge is -2.10. The van der Waals surface area contributed by atoms with Crippen LogP contribution in [0.15, 0.2) is 60.7 Å². The molecule has 0 bridgehead atoms. The number of aromatic amines is 1. The number of amides is 1. The monoisotopic (exact) mass is 424 g/mol. The first kappa shape index (κ1) is 19.7. The molecule has 1 amide bonds. The third kappa shape index (κ3) is 4.21. The molecular formula is C23H21ClN2O2S. The number of nitrogens with one attached hydrogen (secondary N) is 2. The molecule has 6 heteroatoms. The Morgan fingerprint density at radius 3 is 2.79 bits per heavy atom. The van der Waals surface area contributed by atoms with Gasteiger partial charge in [0.1, 0.15) is 11.4 Å². The van der Waals surface area contributed by atoms with E-state index in [0.717, 1.165) is 39.4 Å². The van der Waals surface area contributed by atoms with E-state index >= 15 is 0 Å². The van der Waals surface area contributed by atoms with Crippen molar-refractivity contribution in [2.24, 2.45) is 0 Å². The highest BCUT2D eigenvalue weighted by Gasteiger charge is 2.17. The fourth-order valence-electron chi connectivity index (χ4n) is 3.57. The number of hydrogen-bond donors (Lipinski definition) is 2. The molecule has 4 aromatic rings. The highest BCUT2D eigenvalue weighted by molar-refractivity contribution is 7.97. The molecule has 0 fully saturated rings. The van der Waals surface area contributed by atoms with E-state index in [0.29, 0.717) is 23.7 Å². The van der Waals surface area contributed by atoms with Crippen LogP contribution in [-0.4, -0.2) is 23.8 Å². The molecule has 0 unspecified atom stereocenters. The van der Waals surface area contributed by atoms with E-state index < -0.39 is 0 Å². The average Bonchev–Trinajstić information content (AvgIpc) is 3.09. The number of hydrogen-bond acceptors (Lipinski definition) is 3. The number of H-pyrrole nitrogens is 1. The molecule has 0 aliphatic carbocycles. The van der Waals surface area contributed by atoms with Crippen LogP contribution in [0.1, 0.15) is 22.5 Å². The van der Waals surface area contributed by atoms with E-state index in [9.17, 15) is 4.79 Å². The van der Waals surface area contributed by atoms with Crippen LogP contribution < -0.4 is 9.46 Å². The molecule has 0 radical (unpaired) electrons. The molecule has 0 aliphatic heterocycles. The van der Waals surface area contributed by atoms with Crippen LogP contribution in [0.3, 0.4) is 0 Å². The summed E-state index contributed by atoms with van der Waals surface area (Å²) in [7, 11) is 0. The summed E-state index contributed by atoms with van der Waals surface area (Å²) < 4.78 is 8.86. The molecule has 4 rings (SSSR count). The van der Waals surface area contributed by atoms with E-state index in [1.165, 1.54) is 11.9 Å². The number of ether oxygens (including phenoxy) is 1. The third-order valence-corrected chi connectivity index (χ3v) is 5.49. The molecule has 148 valence electrons. The lowest BCUT2D eigenvalue weighted by atomic mass is 10.1. The minimum absolute atomic E-state index is 0.130. The second kappa shape index (κ2) is 8.80. The van der Waals surface area contributed by atoms with Gasteiger partial charge in [0.25, 0.3) is 5.91 Å². The first-order valence-corrected chi connectivity index (χ1v) is 11.0. The third-order valence-electron chi connectivity index (χ3n) is 4.87. The SMILES string of the molecule is CSNC(=O)c1[nH]c2ccc(Cl)cc2c1CCCOc1cccc2ccccc12. The summed E-state index contributed by atoms with van der Waals surface area (Å²) in [5.74, 6) is 0.750. The van der Waals surface area contributed by atoms with E-state index in [4.69, 9.17) is 16.3 Å². The van der Waals surface area contributed by atoms with Gasteiger partial charge in [-0.2, -0.15) is 0 Å². The van der Waals surface area contributed by atoms with E-state index in [-0.39, 0.29) is 5.91 Å². The second-order valence-corrected chi connectivity index (χ2v) is 7.78. The minimum Gasteiger partial charge on any atom is -0.493 e. The molecule has 0 atom stereocenters. The zero-order valence-electron chi connectivity index (χ0n) is 16.0. The molecule has 0 saturated carbocycles. The highest BCUT2D eigenvalue weighted by atomic mass is 35.5. The Kier molecular flexibility index (Phi) is 5.97. The summed E-state index contributed by atoms with van der Waals surface area (Å²) >= 11 is 7.48. The van der Waals surface area contributed by atoms with Crippen molar-refractivity contribution < 1.29 is 9.53 Å². The van der Waals surface area contributed by atoms with Crippen molar-refractivity contribution in [3.63, 3.8) is 0 Å². The fourth-order valence-corrected chi connectivity index (χ4v) is 4.03. The van der Waals surface area contributed by atoms with Crippen molar-refractivity contribution >= 4 is 51.1 Å². The van der Waals surface area contributed by atoms with Gasteiger partial charge in [0.15, 0.2) is 0 Å². The van der Waals surface area contributed by atoms with Crippen LogP contribution in [0.2, 0.25) is 5.02 Å². The maximum Gasteiger partial charge on any atom is 0.277 e. The van der Waals surface area contributed by atoms with Gasteiger partial charge in [0, 0.05) is 27.6 Å². The Labute approximate surface area is 178 Å². The van der Waals surface area contributed by atoms with Crippen molar-refractivity contribution in [1.82, 2.24) is 9.71 Å². The first-order chi connectivity index (χ1) is 14.2. The Bertz CT molecular complexity index is 1170. The van der Waals surface area contributed by atoms with Gasteiger partial charge in [0.05, 0.1) is 6.61 Å². The minimum atomic E-state index is -0.130. The molecular weight excluding hydrogens is 404 g/mol. The number of carbonyl (C=O) groups is 1. The molecule has 3 aromatic carbocycles. The first-order valence-electron chi connectivity index (χ1n) is 9.41. The smallest absolute Gasteiger partial charge is 0.277 e. The van der Waals surface area contributed by atoms with E-state index in [1.807, 2.05) is 48.7 Å². The van der Waals surface area contributed by atoms with Crippen LogP contribution in [0, 0.1) is 0 Å². The van der Waals surface area contributed by atoms with E-state index in [2.05, 4.69) is 27.9 Å². The quantitative estimate of drug-likeness (QED) is 0.283. The Hall–Kier alpha value is -2.63. The standard InChI is InChI=1S/C23H21ClN2O2S/c1-29-26-23(27)22-18(19-14-16(24)11-12-20(19)25-22)9-5-13-28-21-10-4-7-15-6-2-3-8-17(15)21/h2-4,6-8,10-12,14,25H,5,9,13H2,1H3,(H,26,27). The van der Waals surface area contributed by atoms with Gasteiger partial charge in [-0.1, -0.05) is 59.9 Å². The molecule has 0 saturated heterocycles. The van der Waals surface area contributed by atoms with Gasteiger partial charge in [-0.15, -0.1) is 0 Å². The molecule has 4 nitrogen and oxygen atoms in total. The fraction of sp³-hybridized carbons (Fsp3) is 0.174. The van der Waals surface area contributed by atoms with Crippen LogP contribution in [0.5, 0.6) is 5.75 Å². The summed E-state index contributed by atoms with van der Waals surface area (Å²) in [4.78, 5) is 15.7. The van der Waals surface area contributed by atoms with Crippen molar-refractivity contribution in [2.75, 3.05) is 12.9 Å². The average molecular weight is 425 g/mol. The summed E-state index contributed by atoms with van der Waals surface area (Å²) in [5.41, 5.74) is 2.46. The molecule has 1 aromatic heterocycles. The van der Waals surface area contributed by atoms with Gasteiger partial charge in [-0.25, -0.2) is 0 Å². The summed E-state index contributed by atoms with van der Waals surface area (Å²) in [5, 5.41) is 3.90. The zero-order chi connectivity index (χ0) is 20.2. The zero-order valence-corrected chi connectivity index (χ0v) is 17.6. The van der Waals surface area contributed by atoms with Crippen LogP contribution in [-0.2, 0) is 6.42 Å². The van der Waals surface area contributed by atoms with Gasteiger partial charge in [0.2, 0.25) is 0 Å². The predicted octanol–water partition coefficient (Wildman–Crippen LogP) is 5.99. The van der Waals surface area contributed by atoms with Crippen molar-refractivity contribution in [1.29, 1.82) is 0 Å². The van der Waals surface area contributed by atoms with Crippen molar-refractivity contribution in [2.45, 2.75) is 12.8 Å². The second-order valence-electron chi connectivity index (χ2n) is 6.73. The number of aryl methyl sites for hydroxylation is 1. The largest absolute Gasteiger partial charge is 0.493 e. The van der Waals surface area contributed by atoms with Crippen LogP contribution in [0.25, 0.3) is 21.7 Å². The lowest BCUT2D eigenvalue weighted by molar-refractivity contribution is 0.0979. The predicted molar refractivity (Wildman–Crippen MR) is 122 cm³/mol. The number of carbonyl (C=O) groups excluding carboxylic acids is 1. The molecule has 29 heavy (non-hydrogen) atoms. The molecule has 1 heterocycles. The number of halogens is 1. The maximum absolute atomic E-state index is 12.5. The molecule has 2 N–H and O–H groups in total. The molecule has 0 spiro atoms. The lowest BCUT2D eigenvalue weighted by Crippen LogP contribution is -2.17. The van der Waals surface area contributed by atoms with Crippen molar-refractivity contribution in [3.05, 3.63) is 76.9 Å². The number of fused-ring (bicyclic) bond motifs is 2. The summed E-state index contributed by atoms with van der Waals surface area (Å²) in [6, 6.07) is 19.9. The molecule has 0 aliphatic rings. The van der Waals surface area contributed by atoms with Crippen LogP contribution in [0.4, 0.5) is 0 Å². The Balaban J connectivity index is 1.52.